The maximum Gasteiger partial charge on any atom is 0.224 e. The van der Waals surface area contributed by atoms with Gasteiger partial charge in [0.25, 0.3) is 0 Å². The van der Waals surface area contributed by atoms with Crippen molar-refractivity contribution in [3.63, 3.8) is 0 Å². The number of anilines is 1. The number of benzene rings is 1. The molecule has 0 radical (unpaired) electrons. The van der Waals surface area contributed by atoms with Crippen molar-refractivity contribution < 1.29 is 4.79 Å². The highest BCUT2D eigenvalue weighted by Crippen LogP contribution is 2.45. The summed E-state index contributed by atoms with van der Waals surface area (Å²) in [6.45, 7) is 4.39. The molecule has 6 heteroatoms. The molecule has 0 bridgehead atoms. The summed E-state index contributed by atoms with van der Waals surface area (Å²) in [4.78, 5) is 12.4. The van der Waals surface area contributed by atoms with Crippen LogP contribution in [0, 0.1) is 11.8 Å². The van der Waals surface area contributed by atoms with Crippen LogP contribution in [-0.2, 0) is 4.79 Å². The summed E-state index contributed by atoms with van der Waals surface area (Å²) in [5, 5.41) is 6.54. The Labute approximate surface area is 159 Å². The quantitative estimate of drug-likeness (QED) is 0.778. The molecule has 1 aromatic carbocycles. The van der Waals surface area contributed by atoms with Gasteiger partial charge in [-0.3, -0.25) is 4.79 Å². The molecule has 3 rings (SSSR count). The van der Waals surface area contributed by atoms with E-state index in [0.717, 1.165) is 18.8 Å². The smallest absolute Gasteiger partial charge is 0.224 e. The Morgan fingerprint density at radius 1 is 1.38 bits per heavy atom. The van der Waals surface area contributed by atoms with Gasteiger partial charge in [0.05, 0.1) is 4.58 Å². The van der Waals surface area contributed by atoms with Crippen molar-refractivity contribution in [2.75, 3.05) is 29.9 Å². The van der Waals surface area contributed by atoms with Crippen LogP contribution >= 0.6 is 35.9 Å². The van der Waals surface area contributed by atoms with E-state index in [1.165, 1.54) is 29.9 Å². The third-order valence-electron chi connectivity index (χ3n) is 4.71. The van der Waals surface area contributed by atoms with Crippen LogP contribution < -0.4 is 10.6 Å². The SMILES string of the molecule is CC(CC(=O)Nc1cccc(C2SCCS2)c1)C1CCCNC1.Cl. The van der Waals surface area contributed by atoms with Crippen molar-refractivity contribution in [2.45, 2.75) is 30.8 Å². The first-order valence-electron chi connectivity index (χ1n) is 8.56. The maximum absolute atomic E-state index is 12.4. The average Bonchev–Trinajstić information content (AvgIpc) is 3.10. The molecule has 2 N–H and O–H groups in total. The lowest BCUT2D eigenvalue weighted by atomic mass is 9.85. The first kappa shape index (κ1) is 20.0. The van der Waals surface area contributed by atoms with E-state index in [-0.39, 0.29) is 18.3 Å². The summed E-state index contributed by atoms with van der Waals surface area (Å²) < 4.78 is 0.527. The van der Waals surface area contributed by atoms with Gasteiger partial charge < -0.3 is 10.6 Å². The molecule has 0 aliphatic carbocycles. The first-order chi connectivity index (χ1) is 11.2. The molecule has 1 aromatic rings. The molecule has 24 heavy (non-hydrogen) atoms. The monoisotopic (exact) mass is 386 g/mol. The summed E-state index contributed by atoms with van der Waals surface area (Å²) >= 11 is 3.99. The van der Waals surface area contributed by atoms with Crippen LogP contribution in [0.1, 0.15) is 36.3 Å². The largest absolute Gasteiger partial charge is 0.326 e. The summed E-state index contributed by atoms with van der Waals surface area (Å²) in [6, 6.07) is 8.36. The van der Waals surface area contributed by atoms with Gasteiger partial charge in [-0.2, -0.15) is 0 Å². The van der Waals surface area contributed by atoms with Gasteiger partial charge in [-0.05, 0) is 55.5 Å². The molecule has 2 heterocycles. The van der Waals surface area contributed by atoms with Crippen LogP contribution in [0.4, 0.5) is 5.69 Å². The van der Waals surface area contributed by atoms with Crippen molar-refractivity contribution in [3.8, 4) is 0 Å². The molecule has 1 amide bonds. The average molecular weight is 387 g/mol. The minimum Gasteiger partial charge on any atom is -0.326 e. The summed E-state index contributed by atoms with van der Waals surface area (Å²) in [6.07, 6.45) is 3.09. The second-order valence-corrected chi connectivity index (χ2v) is 9.26. The fourth-order valence-electron chi connectivity index (χ4n) is 3.35. The summed E-state index contributed by atoms with van der Waals surface area (Å²) in [5.41, 5.74) is 2.26. The Morgan fingerprint density at radius 2 is 2.17 bits per heavy atom. The van der Waals surface area contributed by atoms with Crippen LogP contribution in [0.3, 0.4) is 0 Å². The van der Waals surface area contributed by atoms with E-state index in [2.05, 4.69) is 35.8 Å². The first-order valence-corrected chi connectivity index (χ1v) is 10.7. The molecule has 2 unspecified atom stereocenters. The lowest BCUT2D eigenvalue weighted by Crippen LogP contribution is -2.34. The van der Waals surface area contributed by atoms with E-state index in [4.69, 9.17) is 0 Å². The van der Waals surface area contributed by atoms with Gasteiger partial charge in [0.15, 0.2) is 0 Å². The number of hydrogen-bond donors (Lipinski definition) is 2. The number of amides is 1. The van der Waals surface area contributed by atoms with Gasteiger partial charge in [0.2, 0.25) is 5.91 Å². The number of nitrogens with one attached hydrogen (secondary N) is 2. The molecule has 2 atom stereocenters. The minimum atomic E-state index is 0. The van der Waals surface area contributed by atoms with Gasteiger partial charge in [-0.15, -0.1) is 35.9 Å². The van der Waals surface area contributed by atoms with Crippen LogP contribution in [0.2, 0.25) is 0 Å². The molecular weight excluding hydrogens is 360 g/mol. The van der Waals surface area contributed by atoms with Gasteiger partial charge in [-0.25, -0.2) is 0 Å². The topological polar surface area (TPSA) is 41.1 Å². The third kappa shape index (κ3) is 5.58. The van der Waals surface area contributed by atoms with Crippen molar-refractivity contribution in [1.29, 1.82) is 0 Å². The number of hydrogen-bond acceptors (Lipinski definition) is 4. The third-order valence-corrected chi connectivity index (χ3v) is 7.82. The molecular formula is C18H27ClN2OS2. The van der Waals surface area contributed by atoms with Gasteiger partial charge in [0.1, 0.15) is 0 Å². The van der Waals surface area contributed by atoms with Crippen LogP contribution in [0.15, 0.2) is 24.3 Å². The van der Waals surface area contributed by atoms with Crippen LogP contribution in [0.5, 0.6) is 0 Å². The Hall–Kier alpha value is -0.360. The normalized spacial score (nSPS) is 22.6. The Balaban J connectivity index is 0.00000208. The highest BCUT2D eigenvalue weighted by molar-refractivity contribution is 8.19. The molecule has 3 nitrogen and oxygen atoms in total. The zero-order chi connectivity index (χ0) is 16.1. The molecule has 2 aliphatic rings. The zero-order valence-electron chi connectivity index (χ0n) is 14.1. The standard InChI is InChI=1S/C18H26N2OS2.ClH/c1-13(15-5-3-7-19-12-15)10-17(21)20-16-6-2-4-14(11-16)18-22-8-9-23-18;/h2,4,6,11,13,15,18-19H,3,5,7-10,12H2,1H3,(H,20,21);1H. The molecule has 2 saturated heterocycles. The van der Waals surface area contributed by atoms with E-state index in [1.54, 1.807) is 0 Å². The molecule has 2 aliphatic heterocycles. The maximum atomic E-state index is 12.4. The highest BCUT2D eigenvalue weighted by Gasteiger charge is 2.22. The lowest BCUT2D eigenvalue weighted by molar-refractivity contribution is -0.117. The van der Waals surface area contributed by atoms with Crippen molar-refractivity contribution in [2.24, 2.45) is 11.8 Å². The van der Waals surface area contributed by atoms with Crippen LogP contribution in [0.25, 0.3) is 0 Å². The number of piperidine rings is 1. The lowest BCUT2D eigenvalue weighted by Gasteiger charge is -2.28. The van der Waals surface area contributed by atoms with Gasteiger partial charge in [0, 0.05) is 23.6 Å². The van der Waals surface area contributed by atoms with E-state index in [0.29, 0.717) is 22.8 Å². The second-order valence-electron chi connectivity index (χ2n) is 6.53. The van der Waals surface area contributed by atoms with E-state index < -0.39 is 0 Å². The Kier molecular flexibility index (Phi) is 8.28. The van der Waals surface area contributed by atoms with Crippen molar-refractivity contribution in [3.05, 3.63) is 29.8 Å². The number of thioether (sulfide) groups is 2. The highest BCUT2D eigenvalue weighted by atomic mass is 35.5. The van der Waals surface area contributed by atoms with Crippen molar-refractivity contribution in [1.82, 2.24) is 5.32 Å². The minimum absolute atomic E-state index is 0. The van der Waals surface area contributed by atoms with Gasteiger partial charge >= 0.3 is 0 Å². The molecule has 0 aromatic heterocycles. The molecule has 2 fully saturated rings. The predicted molar refractivity (Wildman–Crippen MR) is 109 cm³/mol. The predicted octanol–water partition coefficient (Wildman–Crippen LogP) is 4.55. The van der Waals surface area contributed by atoms with E-state index >= 15 is 0 Å². The Morgan fingerprint density at radius 3 is 2.88 bits per heavy atom. The van der Waals surface area contributed by atoms with Crippen molar-refractivity contribution >= 4 is 47.5 Å². The molecule has 134 valence electrons. The summed E-state index contributed by atoms with van der Waals surface area (Å²) in [5.74, 6) is 3.66. The number of carbonyl (C=O) groups excluding carboxylic acids is 1. The number of carbonyl (C=O) groups is 1. The fraction of sp³-hybridized carbons (Fsp3) is 0.611. The second kappa shape index (κ2) is 9.95. The fourth-order valence-corrected chi connectivity index (χ4v) is 6.19. The Bertz CT molecular complexity index is 532. The molecule has 0 spiro atoms. The zero-order valence-corrected chi connectivity index (χ0v) is 16.6. The molecule has 0 saturated carbocycles. The number of halogens is 1. The van der Waals surface area contributed by atoms with Gasteiger partial charge in [-0.1, -0.05) is 19.1 Å². The van der Waals surface area contributed by atoms with E-state index in [1.807, 2.05) is 29.6 Å². The summed E-state index contributed by atoms with van der Waals surface area (Å²) in [7, 11) is 0. The van der Waals surface area contributed by atoms with Crippen LogP contribution in [-0.4, -0.2) is 30.5 Å². The van der Waals surface area contributed by atoms with E-state index in [9.17, 15) is 4.79 Å². The number of rotatable bonds is 5.